The Hall–Kier alpha value is -1.59. The van der Waals surface area contributed by atoms with Crippen LogP contribution in [-0.4, -0.2) is 41.8 Å². The summed E-state index contributed by atoms with van der Waals surface area (Å²) in [5.74, 6) is -0.322. The molecule has 2 rings (SSSR count). The molecule has 0 aromatic heterocycles. The molecule has 1 heterocycles. The van der Waals surface area contributed by atoms with E-state index in [1.807, 2.05) is 0 Å². The van der Waals surface area contributed by atoms with Crippen LogP contribution in [0.15, 0.2) is 4.99 Å². The number of imide groups is 1. The lowest BCUT2D eigenvalue weighted by molar-refractivity contribution is -0.134. The van der Waals surface area contributed by atoms with E-state index < -0.39 is 0 Å². The molecule has 1 aliphatic carbocycles. The molecule has 0 aromatic carbocycles. The molecular formula is C10H16N4O2. The number of hydrogen-bond donors (Lipinski definition) is 2. The number of nitrogens with zero attached hydrogens (tertiary/aromatic N) is 2. The van der Waals surface area contributed by atoms with Crippen molar-refractivity contribution in [3.05, 3.63) is 0 Å². The molecule has 2 fully saturated rings. The van der Waals surface area contributed by atoms with Crippen LogP contribution in [0.25, 0.3) is 0 Å². The Kier molecular flexibility index (Phi) is 3.07. The molecule has 1 aliphatic heterocycles. The van der Waals surface area contributed by atoms with Crippen molar-refractivity contribution < 1.29 is 9.59 Å². The summed E-state index contributed by atoms with van der Waals surface area (Å²) in [7, 11) is 0. The minimum atomic E-state index is -0.319. The molecule has 6 nitrogen and oxygen atoms in total. The third kappa shape index (κ3) is 2.50. The van der Waals surface area contributed by atoms with Crippen molar-refractivity contribution >= 4 is 17.8 Å². The van der Waals surface area contributed by atoms with Gasteiger partial charge in [-0.1, -0.05) is 12.8 Å². The fourth-order valence-electron chi connectivity index (χ4n) is 2.10. The Bertz CT molecular complexity index is 318. The van der Waals surface area contributed by atoms with Gasteiger partial charge >= 0.3 is 0 Å². The maximum atomic E-state index is 11.1. The van der Waals surface area contributed by atoms with Gasteiger partial charge in [0.2, 0.25) is 11.8 Å². The molecule has 16 heavy (non-hydrogen) atoms. The predicted molar refractivity (Wildman–Crippen MR) is 58.6 cm³/mol. The summed E-state index contributed by atoms with van der Waals surface area (Å²) < 4.78 is 0. The highest BCUT2D eigenvalue weighted by atomic mass is 16.2. The molecule has 6 heteroatoms. The van der Waals surface area contributed by atoms with Crippen molar-refractivity contribution in [3.8, 4) is 0 Å². The van der Waals surface area contributed by atoms with Crippen LogP contribution in [0, 0.1) is 0 Å². The Morgan fingerprint density at radius 2 is 1.81 bits per heavy atom. The summed E-state index contributed by atoms with van der Waals surface area (Å²) >= 11 is 0. The van der Waals surface area contributed by atoms with Gasteiger partial charge in [0, 0.05) is 0 Å². The van der Waals surface area contributed by atoms with E-state index in [1.54, 1.807) is 0 Å². The number of nitrogens with two attached hydrogens (primary N) is 1. The van der Waals surface area contributed by atoms with E-state index in [-0.39, 0.29) is 30.9 Å². The highest BCUT2D eigenvalue weighted by Gasteiger charge is 2.24. The van der Waals surface area contributed by atoms with Crippen molar-refractivity contribution in [1.82, 2.24) is 10.2 Å². The highest BCUT2D eigenvalue weighted by molar-refractivity contribution is 6.02. The number of piperazine rings is 1. The average molecular weight is 224 g/mol. The molecular weight excluding hydrogens is 208 g/mol. The van der Waals surface area contributed by atoms with Gasteiger partial charge in [-0.05, 0) is 12.8 Å². The fourth-order valence-corrected chi connectivity index (χ4v) is 2.10. The van der Waals surface area contributed by atoms with E-state index in [9.17, 15) is 9.59 Å². The third-order valence-electron chi connectivity index (χ3n) is 2.91. The van der Waals surface area contributed by atoms with Gasteiger partial charge in [-0.2, -0.15) is 0 Å². The maximum absolute atomic E-state index is 11.1. The lowest BCUT2D eigenvalue weighted by atomic mass is 10.3. The first kappa shape index (κ1) is 10.9. The first-order chi connectivity index (χ1) is 7.65. The van der Waals surface area contributed by atoms with Crippen molar-refractivity contribution in [2.45, 2.75) is 31.7 Å². The van der Waals surface area contributed by atoms with Crippen LogP contribution >= 0.6 is 0 Å². The van der Waals surface area contributed by atoms with E-state index in [4.69, 9.17) is 5.73 Å². The Morgan fingerprint density at radius 3 is 2.38 bits per heavy atom. The van der Waals surface area contributed by atoms with Gasteiger partial charge in [0.15, 0.2) is 5.96 Å². The van der Waals surface area contributed by atoms with Gasteiger partial charge < -0.3 is 10.6 Å². The topological polar surface area (TPSA) is 87.8 Å². The number of rotatable bonds is 1. The zero-order valence-corrected chi connectivity index (χ0v) is 9.11. The summed E-state index contributed by atoms with van der Waals surface area (Å²) in [6, 6.07) is 0.264. The van der Waals surface area contributed by atoms with Crippen LogP contribution in [-0.2, 0) is 9.59 Å². The van der Waals surface area contributed by atoms with E-state index in [1.165, 1.54) is 17.7 Å². The molecule has 0 aromatic rings. The van der Waals surface area contributed by atoms with Crippen LogP contribution in [0.1, 0.15) is 25.7 Å². The normalized spacial score (nSPS) is 23.8. The minimum Gasteiger partial charge on any atom is -0.370 e. The van der Waals surface area contributed by atoms with Crippen molar-refractivity contribution in [2.75, 3.05) is 13.1 Å². The molecule has 0 radical (unpaired) electrons. The first-order valence-corrected chi connectivity index (χ1v) is 5.56. The zero-order chi connectivity index (χ0) is 11.5. The molecule has 0 unspecified atom stereocenters. The second-order valence-corrected chi connectivity index (χ2v) is 4.25. The SMILES string of the molecule is NC(=NC1CCCC1)N1CC(=O)NC(=O)C1. The van der Waals surface area contributed by atoms with Crippen LogP contribution in [0.2, 0.25) is 0 Å². The molecule has 0 atom stereocenters. The van der Waals surface area contributed by atoms with E-state index in [0.29, 0.717) is 5.96 Å². The van der Waals surface area contributed by atoms with E-state index >= 15 is 0 Å². The number of carbonyl (C=O) groups is 2. The fraction of sp³-hybridized carbons (Fsp3) is 0.700. The summed E-state index contributed by atoms with van der Waals surface area (Å²) in [5, 5.41) is 2.23. The number of carbonyl (C=O) groups excluding carboxylic acids is 2. The van der Waals surface area contributed by atoms with Crippen LogP contribution < -0.4 is 11.1 Å². The number of guanidine groups is 1. The van der Waals surface area contributed by atoms with Crippen molar-refractivity contribution in [1.29, 1.82) is 0 Å². The molecule has 0 bridgehead atoms. The molecule has 0 spiro atoms. The standard InChI is InChI=1S/C10H16N4O2/c11-10(12-7-3-1-2-4-7)14-5-8(15)13-9(16)6-14/h7H,1-6H2,(H2,11,12)(H,13,15,16). The van der Waals surface area contributed by atoms with E-state index in [2.05, 4.69) is 10.3 Å². The quantitative estimate of drug-likeness (QED) is 0.347. The number of aliphatic imine (C=N–C) groups is 1. The lowest BCUT2D eigenvalue weighted by Crippen LogP contribution is -2.55. The van der Waals surface area contributed by atoms with Crippen LogP contribution in [0.4, 0.5) is 0 Å². The van der Waals surface area contributed by atoms with Gasteiger partial charge in [0.05, 0.1) is 6.04 Å². The Balaban J connectivity index is 1.99. The van der Waals surface area contributed by atoms with Gasteiger partial charge in [0.1, 0.15) is 13.1 Å². The molecule has 2 aliphatic rings. The Labute approximate surface area is 93.9 Å². The summed E-state index contributed by atoms with van der Waals surface area (Å²) in [5.41, 5.74) is 5.80. The summed E-state index contributed by atoms with van der Waals surface area (Å²) in [6.45, 7) is 0.238. The summed E-state index contributed by atoms with van der Waals surface area (Å²) in [6.07, 6.45) is 4.46. The number of hydrogen-bond acceptors (Lipinski definition) is 3. The number of nitrogens with one attached hydrogen (secondary N) is 1. The van der Waals surface area contributed by atoms with Crippen molar-refractivity contribution in [3.63, 3.8) is 0 Å². The molecule has 1 saturated heterocycles. The molecule has 1 saturated carbocycles. The van der Waals surface area contributed by atoms with Crippen LogP contribution in [0.5, 0.6) is 0 Å². The van der Waals surface area contributed by atoms with Crippen LogP contribution in [0.3, 0.4) is 0 Å². The second kappa shape index (κ2) is 4.51. The Morgan fingerprint density at radius 1 is 1.25 bits per heavy atom. The maximum Gasteiger partial charge on any atom is 0.246 e. The third-order valence-corrected chi connectivity index (χ3v) is 2.91. The van der Waals surface area contributed by atoms with Gasteiger partial charge in [-0.3, -0.25) is 14.9 Å². The molecule has 2 amide bonds. The second-order valence-electron chi connectivity index (χ2n) is 4.25. The minimum absolute atomic E-state index is 0.119. The smallest absolute Gasteiger partial charge is 0.246 e. The first-order valence-electron chi connectivity index (χ1n) is 5.56. The predicted octanol–water partition coefficient (Wildman–Crippen LogP) is -0.798. The largest absolute Gasteiger partial charge is 0.370 e. The number of amides is 2. The molecule has 3 N–H and O–H groups in total. The van der Waals surface area contributed by atoms with Crippen molar-refractivity contribution in [2.24, 2.45) is 10.7 Å². The highest BCUT2D eigenvalue weighted by Crippen LogP contribution is 2.20. The van der Waals surface area contributed by atoms with E-state index in [0.717, 1.165) is 12.8 Å². The molecule has 88 valence electrons. The lowest BCUT2D eigenvalue weighted by Gasteiger charge is -2.26. The monoisotopic (exact) mass is 224 g/mol. The van der Waals surface area contributed by atoms with Gasteiger partial charge in [-0.25, -0.2) is 4.99 Å². The zero-order valence-electron chi connectivity index (χ0n) is 9.11. The summed E-state index contributed by atoms with van der Waals surface area (Å²) in [4.78, 5) is 28.2. The average Bonchev–Trinajstić information content (AvgIpc) is 2.68. The van der Waals surface area contributed by atoms with Gasteiger partial charge in [0.25, 0.3) is 0 Å². The van der Waals surface area contributed by atoms with Gasteiger partial charge in [-0.15, -0.1) is 0 Å².